The fraction of sp³-hybridized carbons (Fsp3) is 0.552. The minimum atomic E-state index is -0.662. The number of hydrogen-bond acceptors (Lipinski definition) is 4. The number of nitrogens with zero attached hydrogens (tertiary/aromatic N) is 1. The minimum Gasteiger partial charge on any atom is -0.475 e. The Morgan fingerprint density at radius 3 is 2.03 bits per heavy atom. The number of benzene rings is 2. The van der Waals surface area contributed by atoms with Crippen LogP contribution in [0.3, 0.4) is 0 Å². The van der Waals surface area contributed by atoms with E-state index in [9.17, 15) is 8.78 Å². The van der Waals surface area contributed by atoms with E-state index in [0.29, 0.717) is 5.92 Å². The third kappa shape index (κ3) is 6.28. The van der Waals surface area contributed by atoms with Crippen LogP contribution in [-0.4, -0.2) is 31.5 Å². The first-order valence-electron chi connectivity index (χ1n) is 13.1. The Bertz CT molecular complexity index is 952. The molecule has 190 valence electrons. The molecule has 0 bridgehead atoms. The lowest BCUT2D eigenvalue weighted by Crippen LogP contribution is -2.40. The van der Waals surface area contributed by atoms with Crippen LogP contribution in [0.25, 0.3) is 0 Å². The van der Waals surface area contributed by atoms with Crippen molar-refractivity contribution >= 4 is 5.90 Å². The number of hydrogen-bond donors (Lipinski definition) is 0. The smallest absolute Gasteiger partial charge is 0.222 e. The van der Waals surface area contributed by atoms with E-state index in [-0.39, 0.29) is 24.1 Å². The van der Waals surface area contributed by atoms with Gasteiger partial charge < -0.3 is 14.2 Å². The quantitative estimate of drug-likeness (QED) is 0.245. The van der Waals surface area contributed by atoms with Crippen molar-refractivity contribution in [3.63, 3.8) is 0 Å². The average molecular weight is 486 g/mol. The molecule has 0 amide bonds. The molecule has 35 heavy (non-hydrogen) atoms. The Kier molecular flexibility index (Phi) is 8.90. The van der Waals surface area contributed by atoms with Crippen molar-refractivity contribution < 1.29 is 23.0 Å². The van der Waals surface area contributed by atoms with Gasteiger partial charge in [-0.25, -0.2) is 13.8 Å². The molecule has 1 unspecified atom stereocenters. The van der Waals surface area contributed by atoms with Gasteiger partial charge >= 0.3 is 0 Å². The highest BCUT2D eigenvalue weighted by Gasteiger charge is 2.37. The van der Waals surface area contributed by atoms with Gasteiger partial charge in [-0.15, -0.1) is 0 Å². The molecule has 1 aliphatic heterocycles. The highest BCUT2D eigenvalue weighted by atomic mass is 19.1. The molecule has 1 saturated carbocycles. The number of unbranched alkanes of at least 4 members (excludes halogenated alkanes) is 2. The third-order valence-electron chi connectivity index (χ3n) is 7.09. The van der Waals surface area contributed by atoms with Gasteiger partial charge in [-0.1, -0.05) is 57.0 Å². The lowest BCUT2D eigenvalue weighted by atomic mass is 9.80. The van der Waals surface area contributed by atoms with Crippen LogP contribution >= 0.6 is 0 Å². The summed E-state index contributed by atoms with van der Waals surface area (Å²) in [4.78, 5) is 4.46. The summed E-state index contributed by atoms with van der Waals surface area (Å²) in [6, 6.07) is 11.9. The second-order valence-corrected chi connectivity index (χ2v) is 9.61. The second kappa shape index (κ2) is 12.1. The van der Waals surface area contributed by atoms with Crippen LogP contribution in [0.1, 0.15) is 93.9 Å². The number of ether oxygens (including phenoxy) is 3. The maximum atomic E-state index is 14.1. The van der Waals surface area contributed by atoms with Crippen molar-refractivity contribution in [3.05, 3.63) is 70.8 Å². The van der Waals surface area contributed by atoms with Gasteiger partial charge in [0.15, 0.2) is 5.79 Å². The highest BCUT2D eigenvalue weighted by Crippen LogP contribution is 2.41. The van der Waals surface area contributed by atoms with Crippen LogP contribution < -0.4 is 0 Å². The molecule has 1 atom stereocenters. The molecule has 1 heterocycles. The van der Waals surface area contributed by atoms with E-state index in [0.717, 1.165) is 70.1 Å². The van der Waals surface area contributed by atoms with Crippen LogP contribution in [0, 0.1) is 11.6 Å². The summed E-state index contributed by atoms with van der Waals surface area (Å²) < 4.78 is 46.3. The average Bonchev–Trinajstić information content (AvgIpc) is 3.35. The minimum absolute atomic E-state index is 0.0319. The zero-order valence-corrected chi connectivity index (χ0v) is 20.9. The van der Waals surface area contributed by atoms with Crippen molar-refractivity contribution in [2.24, 2.45) is 4.99 Å². The molecule has 2 aromatic carbocycles. The first-order valence-corrected chi connectivity index (χ1v) is 13.1. The van der Waals surface area contributed by atoms with Gasteiger partial charge in [0, 0.05) is 12.8 Å². The van der Waals surface area contributed by atoms with Crippen LogP contribution in [-0.2, 0) is 14.2 Å². The van der Waals surface area contributed by atoms with Gasteiger partial charge in [-0.3, -0.25) is 0 Å². The molecule has 0 saturated heterocycles. The lowest BCUT2D eigenvalue weighted by molar-refractivity contribution is -0.254. The van der Waals surface area contributed by atoms with Gasteiger partial charge in [0.05, 0.1) is 13.2 Å². The van der Waals surface area contributed by atoms with Crippen LogP contribution in [0.4, 0.5) is 8.78 Å². The van der Waals surface area contributed by atoms with Crippen molar-refractivity contribution in [3.8, 4) is 0 Å². The predicted octanol–water partition coefficient (Wildman–Crippen LogP) is 7.47. The van der Waals surface area contributed by atoms with Crippen molar-refractivity contribution in [1.29, 1.82) is 0 Å². The zero-order chi connectivity index (χ0) is 24.7. The molecule has 0 radical (unpaired) electrons. The second-order valence-electron chi connectivity index (χ2n) is 9.61. The van der Waals surface area contributed by atoms with Crippen LogP contribution in [0.2, 0.25) is 0 Å². The van der Waals surface area contributed by atoms with Gasteiger partial charge in [0.2, 0.25) is 5.90 Å². The van der Waals surface area contributed by atoms with Gasteiger partial charge in [-0.2, -0.15) is 0 Å². The fourth-order valence-electron chi connectivity index (χ4n) is 4.90. The molecule has 4 nitrogen and oxygen atoms in total. The Morgan fingerprint density at radius 2 is 1.46 bits per heavy atom. The molecule has 1 aliphatic carbocycles. The third-order valence-corrected chi connectivity index (χ3v) is 7.09. The van der Waals surface area contributed by atoms with E-state index in [4.69, 9.17) is 14.2 Å². The molecule has 4 rings (SSSR count). The first kappa shape index (κ1) is 25.8. The summed E-state index contributed by atoms with van der Waals surface area (Å²) >= 11 is 0. The Morgan fingerprint density at radius 1 is 0.886 bits per heavy atom. The van der Waals surface area contributed by atoms with E-state index < -0.39 is 17.4 Å². The van der Waals surface area contributed by atoms with Gasteiger partial charge in [0.1, 0.15) is 29.8 Å². The van der Waals surface area contributed by atoms with Crippen molar-refractivity contribution in [2.75, 3.05) is 19.8 Å². The standard InChI is InChI=1S/C29H37F2NO3/c1-3-5-18-34-29(35-19-6-4-2)16-14-22(15-17-29)21-10-12-23(13-11-21)26-20-33-28(32-26)27-24(30)8-7-9-25(27)31/h7-13,22,26H,3-6,14-20H2,1-2H3. The summed E-state index contributed by atoms with van der Waals surface area (Å²) in [7, 11) is 0. The highest BCUT2D eigenvalue weighted by molar-refractivity contribution is 5.95. The van der Waals surface area contributed by atoms with Crippen molar-refractivity contribution in [1.82, 2.24) is 0 Å². The van der Waals surface area contributed by atoms with Gasteiger partial charge in [-0.05, 0) is 54.9 Å². The Labute approximate surface area is 207 Å². The zero-order valence-electron chi connectivity index (χ0n) is 20.9. The van der Waals surface area contributed by atoms with E-state index >= 15 is 0 Å². The van der Waals surface area contributed by atoms with Crippen LogP contribution in [0.5, 0.6) is 0 Å². The predicted molar refractivity (Wildman–Crippen MR) is 134 cm³/mol. The van der Waals surface area contributed by atoms with Crippen LogP contribution in [0.15, 0.2) is 47.5 Å². The summed E-state index contributed by atoms with van der Waals surface area (Å²) in [5, 5.41) is 0. The normalized spacial score (nSPS) is 20.0. The van der Waals surface area contributed by atoms with E-state index in [1.165, 1.54) is 23.8 Å². The number of halogens is 2. The SMILES string of the molecule is CCCCOC1(OCCCC)CCC(c2ccc(C3COC(c4c(F)cccc4F)=N3)cc2)CC1. The molecular weight excluding hydrogens is 448 g/mol. The fourth-order valence-corrected chi connectivity index (χ4v) is 4.90. The molecule has 0 aromatic heterocycles. The summed E-state index contributed by atoms with van der Waals surface area (Å²) in [5.41, 5.74) is 2.09. The molecule has 0 N–H and O–H groups in total. The molecule has 2 aliphatic rings. The Balaban J connectivity index is 1.38. The monoisotopic (exact) mass is 485 g/mol. The van der Waals surface area contributed by atoms with E-state index in [1.807, 2.05) is 0 Å². The summed E-state index contributed by atoms with van der Waals surface area (Å²) in [6.07, 6.45) is 8.22. The summed E-state index contributed by atoms with van der Waals surface area (Å²) in [6.45, 7) is 6.14. The largest absolute Gasteiger partial charge is 0.475 e. The Hall–Kier alpha value is -2.31. The topological polar surface area (TPSA) is 40.0 Å². The number of aliphatic imine (C=N–C) groups is 1. The molecule has 2 aromatic rings. The van der Waals surface area contributed by atoms with Crippen molar-refractivity contribution in [2.45, 2.75) is 83.0 Å². The first-order chi connectivity index (χ1) is 17.0. The molecule has 6 heteroatoms. The lowest BCUT2D eigenvalue weighted by Gasteiger charge is -2.40. The van der Waals surface area contributed by atoms with E-state index in [2.05, 4.69) is 43.1 Å². The maximum Gasteiger partial charge on any atom is 0.222 e. The van der Waals surface area contributed by atoms with E-state index in [1.54, 1.807) is 0 Å². The maximum absolute atomic E-state index is 14.1. The molecule has 1 fully saturated rings. The molecular formula is C29H37F2NO3. The summed E-state index contributed by atoms with van der Waals surface area (Å²) in [5.74, 6) is -1.26. The number of rotatable bonds is 11. The van der Waals surface area contributed by atoms with Gasteiger partial charge in [0.25, 0.3) is 0 Å². The molecule has 0 spiro atoms.